The first-order chi connectivity index (χ1) is 7.91. The van der Waals surface area contributed by atoms with Gasteiger partial charge in [0, 0.05) is 30.6 Å². The number of nitrogens with zero attached hydrogens (tertiary/aromatic N) is 1. The van der Waals surface area contributed by atoms with E-state index in [4.69, 9.17) is 29.6 Å². The Bertz CT molecular complexity index is 448. The van der Waals surface area contributed by atoms with Gasteiger partial charge in [0.2, 0.25) is 0 Å². The summed E-state index contributed by atoms with van der Waals surface area (Å²) in [5, 5.41) is 0.660. The first-order valence-corrected chi connectivity index (χ1v) is 6.00. The lowest BCUT2D eigenvalue weighted by Gasteiger charge is -2.17. The molecule has 17 heavy (non-hydrogen) atoms. The molecule has 0 aromatic heterocycles. The van der Waals surface area contributed by atoms with Crippen molar-refractivity contribution in [3.05, 3.63) is 34.3 Å². The van der Waals surface area contributed by atoms with Crippen LogP contribution in [0.15, 0.2) is 18.2 Å². The fourth-order valence-corrected chi connectivity index (χ4v) is 1.59. The molecule has 92 valence electrons. The quantitative estimate of drug-likeness (QED) is 0.855. The Hall–Kier alpha value is -1.13. The average molecular weight is 271 g/mol. The molecule has 1 amide bonds. The predicted octanol–water partition coefficient (Wildman–Crippen LogP) is 2.40. The summed E-state index contributed by atoms with van der Waals surface area (Å²) in [6, 6.07) is 5.22. The number of carbonyl (C=O) groups excluding carboxylic acids is 1. The Balaban J connectivity index is 2.74. The third-order valence-electron chi connectivity index (χ3n) is 2.45. The van der Waals surface area contributed by atoms with Crippen LogP contribution in [-0.2, 0) is 0 Å². The molecule has 0 aliphatic heterocycles. The van der Waals surface area contributed by atoms with Crippen molar-refractivity contribution in [2.45, 2.75) is 13.3 Å². The largest absolute Gasteiger partial charge is 0.393 e. The molecule has 0 saturated carbocycles. The van der Waals surface area contributed by atoms with Gasteiger partial charge in [0.25, 0.3) is 5.91 Å². The Morgan fingerprint density at radius 1 is 1.53 bits per heavy atom. The maximum absolute atomic E-state index is 12.0. The Morgan fingerprint density at radius 3 is 2.71 bits per heavy atom. The van der Waals surface area contributed by atoms with Crippen LogP contribution in [0.3, 0.4) is 0 Å². The van der Waals surface area contributed by atoms with Crippen LogP contribution in [0.2, 0.25) is 5.02 Å². The maximum atomic E-state index is 12.0. The van der Waals surface area contributed by atoms with E-state index >= 15 is 0 Å². The summed E-state index contributed by atoms with van der Waals surface area (Å²) in [5.74, 6) is -0.0546. The average Bonchev–Trinajstić information content (AvgIpc) is 2.28. The lowest BCUT2D eigenvalue weighted by molar-refractivity contribution is 0.0799. The van der Waals surface area contributed by atoms with Crippen LogP contribution >= 0.6 is 23.8 Å². The van der Waals surface area contributed by atoms with Gasteiger partial charge >= 0.3 is 0 Å². The van der Waals surface area contributed by atoms with Gasteiger partial charge in [0.15, 0.2) is 0 Å². The highest BCUT2D eigenvalue weighted by molar-refractivity contribution is 7.80. The Kier molecular flexibility index (Phi) is 4.90. The molecule has 0 heterocycles. The van der Waals surface area contributed by atoms with E-state index in [1.165, 1.54) is 0 Å². The van der Waals surface area contributed by atoms with Crippen LogP contribution in [0.1, 0.15) is 22.3 Å². The summed E-state index contributed by atoms with van der Waals surface area (Å²) in [7, 11) is 1.73. The standard InChI is InChI=1S/C12H15ClN2OS/c1-8-7-9(3-4-10(8)13)12(16)15(2)6-5-11(14)17/h3-4,7H,5-6H2,1-2H3,(H2,14,17). The molecule has 1 rings (SSSR count). The van der Waals surface area contributed by atoms with Gasteiger partial charge in [-0.3, -0.25) is 4.79 Å². The van der Waals surface area contributed by atoms with Gasteiger partial charge in [0.05, 0.1) is 4.99 Å². The number of aryl methyl sites for hydroxylation is 1. The van der Waals surface area contributed by atoms with E-state index in [9.17, 15) is 4.79 Å². The number of hydrogen-bond donors (Lipinski definition) is 1. The molecule has 0 aliphatic rings. The van der Waals surface area contributed by atoms with Crippen LogP contribution in [0.4, 0.5) is 0 Å². The minimum Gasteiger partial charge on any atom is -0.393 e. The van der Waals surface area contributed by atoms with Crippen molar-refractivity contribution in [3.63, 3.8) is 0 Å². The summed E-state index contributed by atoms with van der Waals surface area (Å²) in [6.07, 6.45) is 0.532. The topological polar surface area (TPSA) is 46.3 Å². The van der Waals surface area contributed by atoms with Crippen molar-refractivity contribution in [2.24, 2.45) is 5.73 Å². The van der Waals surface area contributed by atoms with Crippen LogP contribution in [0.5, 0.6) is 0 Å². The van der Waals surface area contributed by atoms with Crippen molar-refractivity contribution >= 4 is 34.7 Å². The number of rotatable bonds is 4. The van der Waals surface area contributed by atoms with E-state index in [0.717, 1.165) is 5.56 Å². The van der Waals surface area contributed by atoms with E-state index in [0.29, 0.717) is 28.5 Å². The highest BCUT2D eigenvalue weighted by Gasteiger charge is 2.12. The second-order valence-corrected chi connectivity index (χ2v) is 4.84. The van der Waals surface area contributed by atoms with Crippen LogP contribution in [0.25, 0.3) is 0 Å². The molecular weight excluding hydrogens is 256 g/mol. The number of nitrogens with two attached hydrogens (primary N) is 1. The first-order valence-electron chi connectivity index (χ1n) is 5.21. The van der Waals surface area contributed by atoms with Gasteiger partial charge in [-0.2, -0.15) is 0 Å². The summed E-state index contributed by atoms with van der Waals surface area (Å²) < 4.78 is 0. The monoisotopic (exact) mass is 270 g/mol. The van der Waals surface area contributed by atoms with Gasteiger partial charge in [-0.15, -0.1) is 0 Å². The number of halogens is 1. The van der Waals surface area contributed by atoms with Gasteiger partial charge < -0.3 is 10.6 Å². The molecule has 1 aromatic carbocycles. The van der Waals surface area contributed by atoms with E-state index in [-0.39, 0.29) is 5.91 Å². The van der Waals surface area contributed by atoms with Crippen molar-refractivity contribution in [2.75, 3.05) is 13.6 Å². The fourth-order valence-electron chi connectivity index (χ4n) is 1.38. The minimum absolute atomic E-state index is 0.0546. The molecule has 0 saturated heterocycles. The van der Waals surface area contributed by atoms with Crippen molar-refractivity contribution in [1.82, 2.24) is 4.90 Å². The predicted molar refractivity (Wildman–Crippen MR) is 74.6 cm³/mol. The zero-order valence-electron chi connectivity index (χ0n) is 9.87. The smallest absolute Gasteiger partial charge is 0.253 e. The molecule has 0 spiro atoms. The summed E-state index contributed by atoms with van der Waals surface area (Å²) in [6.45, 7) is 2.39. The van der Waals surface area contributed by atoms with Gasteiger partial charge in [-0.25, -0.2) is 0 Å². The lowest BCUT2D eigenvalue weighted by atomic mass is 10.1. The molecule has 2 N–H and O–H groups in total. The molecule has 0 radical (unpaired) electrons. The zero-order chi connectivity index (χ0) is 13.0. The highest BCUT2D eigenvalue weighted by atomic mass is 35.5. The maximum Gasteiger partial charge on any atom is 0.253 e. The van der Waals surface area contributed by atoms with E-state index in [1.54, 1.807) is 30.1 Å². The molecule has 0 aliphatic carbocycles. The molecule has 0 fully saturated rings. The first kappa shape index (κ1) is 13.9. The van der Waals surface area contributed by atoms with Crippen LogP contribution in [-0.4, -0.2) is 29.4 Å². The molecule has 0 unspecified atom stereocenters. The molecule has 5 heteroatoms. The van der Waals surface area contributed by atoms with Gasteiger partial charge in [-0.05, 0) is 30.7 Å². The van der Waals surface area contributed by atoms with E-state index < -0.39 is 0 Å². The lowest BCUT2D eigenvalue weighted by Crippen LogP contribution is -2.30. The summed E-state index contributed by atoms with van der Waals surface area (Å²) in [4.78, 5) is 14.0. The third kappa shape index (κ3) is 3.98. The van der Waals surface area contributed by atoms with Gasteiger partial charge in [-0.1, -0.05) is 23.8 Å². The Morgan fingerprint density at radius 2 is 2.18 bits per heavy atom. The number of thiocarbonyl (C=S) groups is 1. The van der Waals surface area contributed by atoms with Gasteiger partial charge in [0.1, 0.15) is 0 Å². The van der Waals surface area contributed by atoms with E-state index in [1.807, 2.05) is 6.92 Å². The summed E-state index contributed by atoms with van der Waals surface area (Å²) >= 11 is 10.7. The SMILES string of the molecule is Cc1cc(C(=O)N(C)CCC(N)=S)ccc1Cl. The van der Waals surface area contributed by atoms with Crippen LogP contribution in [0, 0.1) is 6.92 Å². The molecule has 3 nitrogen and oxygen atoms in total. The second kappa shape index (κ2) is 5.98. The second-order valence-electron chi connectivity index (χ2n) is 3.91. The van der Waals surface area contributed by atoms with Crippen molar-refractivity contribution in [1.29, 1.82) is 0 Å². The number of hydrogen-bond acceptors (Lipinski definition) is 2. The highest BCUT2D eigenvalue weighted by Crippen LogP contribution is 2.17. The number of amides is 1. The number of carbonyl (C=O) groups is 1. The molecule has 1 aromatic rings. The van der Waals surface area contributed by atoms with Crippen molar-refractivity contribution < 1.29 is 4.79 Å². The normalized spacial score (nSPS) is 10.1. The molecule has 0 atom stereocenters. The minimum atomic E-state index is -0.0546. The van der Waals surface area contributed by atoms with Crippen LogP contribution < -0.4 is 5.73 Å². The summed E-state index contributed by atoms with van der Waals surface area (Å²) in [5.41, 5.74) is 6.91. The molecule has 0 bridgehead atoms. The van der Waals surface area contributed by atoms with E-state index in [2.05, 4.69) is 0 Å². The number of benzene rings is 1. The Labute approximate surface area is 112 Å². The molecular formula is C12H15ClN2OS. The fraction of sp³-hybridized carbons (Fsp3) is 0.333. The third-order valence-corrected chi connectivity index (χ3v) is 3.07. The zero-order valence-corrected chi connectivity index (χ0v) is 11.4. The van der Waals surface area contributed by atoms with Crippen molar-refractivity contribution in [3.8, 4) is 0 Å².